The zero-order valence-electron chi connectivity index (χ0n) is 15.0. The van der Waals surface area contributed by atoms with Crippen molar-refractivity contribution < 1.29 is 18.8 Å². The summed E-state index contributed by atoms with van der Waals surface area (Å²) < 4.78 is 19.9. The third-order valence-corrected chi connectivity index (χ3v) is 4.06. The van der Waals surface area contributed by atoms with Gasteiger partial charge in [-0.05, 0) is 36.4 Å². The molecular weight excluding hydrogens is 367 g/mol. The van der Waals surface area contributed by atoms with Crippen LogP contribution in [-0.4, -0.2) is 45.5 Å². The number of amides is 1. The number of nitro groups is 1. The van der Waals surface area contributed by atoms with Crippen molar-refractivity contribution in [2.75, 3.05) is 20.2 Å². The van der Waals surface area contributed by atoms with E-state index >= 15 is 0 Å². The molecule has 28 heavy (non-hydrogen) atoms. The second-order valence-corrected chi connectivity index (χ2v) is 5.96. The standard InChI is InChI=1S/C19H17FN4O4/c1-22(10-11-28-16-5-3-15(20)4-6-16)19(25)14-2-7-17(18(12-14)24(26)27)23-9-8-21-13-23/h2-9,12-13H,10-11H2,1H3. The van der Waals surface area contributed by atoms with Gasteiger partial charge in [0.15, 0.2) is 0 Å². The smallest absolute Gasteiger partial charge is 0.294 e. The van der Waals surface area contributed by atoms with Gasteiger partial charge in [-0.3, -0.25) is 14.9 Å². The molecule has 0 fully saturated rings. The van der Waals surface area contributed by atoms with E-state index in [0.29, 0.717) is 11.4 Å². The Morgan fingerprint density at radius 1 is 1.29 bits per heavy atom. The molecule has 3 rings (SSSR count). The lowest BCUT2D eigenvalue weighted by Gasteiger charge is -2.18. The number of carbonyl (C=O) groups is 1. The maximum absolute atomic E-state index is 12.9. The number of likely N-dealkylation sites (N-methyl/N-ethyl adjacent to an activating group) is 1. The van der Waals surface area contributed by atoms with Gasteiger partial charge in [-0.2, -0.15) is 0 Å². The van der Waals surface area contributed by atoms with Crippen LogP contribution in [0, 0.1) is 15.9 Å². The maximum atomic E-state index is 12.9. The second kappa shape index (κ2) is 8.30. The van der Waals surface area contributed by atoms with Crippen LogP contribution in [-0.2, 0) is 0 Å². The first kappa shape index (κ1) is 19.0. The van der Waals surface area contributed by atoms with Crippen molar-refractivity contribution in [1.29, 1.82) is 0 Å². The molecule has 0 spiro atoms. The van der Waals surface area contributed by atoms with Crippen molar-refractivity contribution in [1.82, 2.24) is 14.5 Å². The van der Waals surface area contributed by atoms with Gasteiger partial charge in [-0.1, -0.05) is 0 Å². The van der Waals surface area contributed by atoms with E-state index in [1.807, 2.05) is 0 Å². The third kappa shape index (κ3) is 4.32. The number of hydrogen-bond acceptors (Lipinski definition) is 5. The lowest BCUT2D eigenvalue weighted by Crippen LogP contribution is -2.31. The lowest BCUT2D eigenvalue weighted by atomic mass is 10.1. The van der Waals surface area contributed by atoms with Crippen LogP contribution in [0.2, 0.25) is 0 Å². The number of hydrogen-bond donors (Lipinski definition) is 0. The molecule has 3 aromatic rings. The first-order valence-corrected chi connectivity index (χ1v) is 8.36. The average Bonchev–Trinajstić information content (AvgIpc) is 3.23. The number of halogens is 1. The molecular formula is C19H17FN4O4. The number of nitro benzene ring substituents is 1. The normalized spacial score (nSPS) is 10.5. The van der Waals surface area contributed by atoms with Crippen LogP contribution in [0.5, 0.6) is 5.75 Å². The Bertz CT molecular complexity index is 974. The van der Waals surface area contributed by atoms with E-state index in [0.717, 1.165) is 0 Å². The van der Waals surface area contributed by atoms with Crippen LogP contribution < -0.4 is 4.74 Å². The van der Waals surface area contributed by atoms with Gasteiger partial charge in [0.05, 0.1) is 17.8 Å². The van der Waals surface area contributed by atoms with E-state index in [9.17, 15) is 19.3 Å². The number of imidazole rings is 1. The number of rotatable bonds is 7. The van der Waals surface area contributed by atoms with Crippen LogP contribution in [0.1, 0.15) is 10.4 Å². The van der Waals surface area contributed by atoms with Gasteiger partial charge in [0.1, 0.15) is 23.9 Å². The Kier molecular flexibility index (Phi) is 5.64. The molecule has 0 saturated heterocycles. The summed E-state index contributed by atoms with van der Waals surface area (Å²) in [6, 6.07) is 9.84. The highest BCUT2D eigenvalue weighted by molar-refractivity contribution is 5.95. The van der Waals surface area contributed by atoms with Gasteiger partial charge in [0.25, 0.3) is 11.6 Å². The highest BCUT2D eigenvalue weighted by Crippen LogP contribution is 2.24. The Labute approximate surface area is 159 Å². The molecule has 144 valence electrons. The van der Waals surface area contributed by atoms with E-state index in [2.05, 4.69) is 4.98 Å². The average molecular weight is 384 g/mol. The van der Waals surface area contributed by atoms with Crippen LogP contribution >= 0.6 is 0 Å². The predicted molar refractivity (Wildman–Crippen MR) is 99.1 cm³/mol. The quantitative estimate of drug-likeness (QED) is 0.461. The van der Waals surface area contributed by atoms with Crippen molar-refractivity contribution in [2.45, 2.75) is 0 Å². The van der Waals surface area contributed by atoms with Crippen molar-refractivity contribution in [3.05, 3.63) is 82.7 Å². The summed E-state index contributed by atoms with van der Waals surface area (Å²) in [4.78, 5) is 28.7. The van der Waals surface area contributed by atoms with E-state index in [-0.39, 0.29) is 36.1 Å². The molecule has 1 amide bonds. The topological polar surface area (TPSA) is 90.5 Å². The Balaban J connectivity index is 1.68. The molecule has 2 aromatic carbocycles. The fourth-order valence-electron chi connectivity index (χ4n) is 2.58. The molecule has 9 heteroatoms. The summed E-state index contributed by atoms with van der Waals surface area (Å²) in [5.74, 6) is -0.245. The minimum atomic E-state index is -0.538. The van der Waals surface area contributed by atoms with Crippen LogP contribution in [0.4, 0.5) is 10.1 Å². The summed E-state index contributed by atoms with van der Waals surface area (Å²) >= 11 is 0. The maximum Gasteiger partial charge on any atom is 0.294 e. The fourth-order valence-corrected chi connectivity index (χ4v) is 2.58. The summed E-state index contributed by atoms with van der Waals surface area (Å²) in [7, 11) is 1.58. The summed E-state index contributed by atoms with van der Waals surface area (Å²) in [5.41, 5.74) is 0.320. The molecule has 0 saturated carbocycles. The largest absolute Gasteiger partial charge is 0.492 e. The minimum Gasteiger partial charge on any atom is -0.492 e. The molecule has 0 aliphatic heterocycles. The molecule has 0 aliphatic rings. The first-order valence-electron chi connectivity index (χ1n) is 8.36. The molecule has 0 atom stereocenters. The van der Waals surface area contributed by atoms with Crippen molar-refractivity contribution in [2.24, 2.45) is 0 Å². The van der Waals surface area contributed by atoms with Gasteiger partial charge in [0, 0.05) is 31.1 Å². The van der Waals surface area contributed by atoms with E-state index in [1.54, 1.807) is 13.2 Å². The molecule has 1 aromatic heterocycles. The zero-order chi connectivity index (χ0) is 20.1. The SMILES string of the molecule is CN(CCOc1ccc(F)cc1)C(=O)c1ccc(-n2ccnc2)c([N+](=O)[O-])c1. The fraction of sp³-hybridized carbons (Fsp3) is 0.158. The summed E-state index contributed by atoms with van der Waals surface area (Å²) in [6.45, 7) is 0.455. The molecule has 0 N–H and O–H groups in total. The Morgan fingerprint density at radius 3 is 2.68 bits per heavy atom. The van der Waals surface area contributed by atoms with Gasteiger partial charge >= 0.3 is 0 Å². The Hall–Kier alpha value is -3.75. The second-order valence-electron chi connectivity index (χ2n) is 5.96. The first-order chi connectivity index (χ1) is 13.5. The summed E-state index contributed by atoms with van der Waals surface area (Å²) in [6.07, 6.45) is 4.54. The molecule has 8 nitrogen and oxygen atoms in total. The lowest BCUT2D eigenvalue weighted by molar-refractivity contribution is -0.384. The van der Waals surface area contributed by atoms with Crippen molar-refractivity contribution >= 4 is 11.6 Å². The third-order valence-electron chi connectivity index (χ3n) is 4.06. The van der Waals surface area contributed by atoms with E-state index in [4.69, 9.17) is 4.74 Å². The van der Waals surface area contributed by atoms with Crippen LogP contribution in [0.3, 0.4) is 0 Å². The minimum absolute atomic E-state index is 0.194. The van der Waals surface area contributed by atoms with Gasteiger partial charge in [-0.15, -0.1) is 0 Å². The van der Waals surface area contributed by atoms with Gasteiger partial charge in [0.2, 0.25) is 0 Å². The van der Waals surface area contributed by atoms with Crippen molar-refractivity contribution in [3.63, 3.8) is 0 Å². The van der Waals surface area contributed by atoms with E-state index in [1.165, 1.54) is 64.5 Å². The number of ether oxygens (including phenoxy) is 1. The number of carbonyl (C=O) groups excluding carboxylic acids is 1. The molecule has 1 heterocycles. The van der Waals surface area contributed by atoms with Gasteiger partial charge in [-0.25, -0.2) is 9.37 Å². The highest BCUT2D eigenvalue weighted by Gasteiger charge is 2.20. The number of nitrogens with zero attached hydrogens (tertiary/aromatic N) is 4. The molecule has 0 aliphatic carbocycles. The Morgan fingerprint density at radius 2 is 2.04 bits per heavy atom. The molecule has 0 radical (unpaired) electrons. The number of aromatic nitrogens is 2. The van der Waals surface area contributed by atoms with E-state index < -0.39 is 4.92 Å². The predicted octanol–water partition coefficient (Wildman–Crippen LogP) is 3.07. The van der Waals surface area contributed by atoms with Crippen LogP contribution in [0.25, 0.3) is 5.69 Å². The van der Waals surface area contributed by atoms with Crippen LogP contribution in [0.15, 0.2) is 61.2 Å². The highest BCUT2D eigenvalue weighted by atomic mass is 19.1. The number of benzene rings is 2. The summed E-state index contributed by atoms with van der Waals surface area (Å²) in [5, 5.41) is 11.4. The molecule has 0 unspecified atom stereocenters. The molecule has 0 bridgehead atoms. The zero-order valence-corrected chi connectivity index (χ0v) is 15.0. The van der Waals surface area contributed by atoms with Gasteiger partial charge < -0.3 is 14.2 Å². The monoisotopic (exact) mass is 384 g/mol. The van der Waals surface area contributed by atoms with Crippen molar-refractivity contribution in [3.8, 4) is 11.4 Å².